The third-order valence-corrected chi connectivity index (χ3v) is 3.79. The van der Waals surface area contributed by atoms with Crippen LogP contribution in [0.15, 0.2) is 70.7 Å². The van der Waals surface area contributed by atoms with E-state index >= 15 is 0 Å². The Morgan fingerprint density at radius 1 is 1.12 bits per heavy atom. The highest BCUT2D eigenvalue weighted by Crippen LogP contribution is 2.13. The van der Waals surface area contributed by atoms with Gasteiger partial charge in [0.1, 0.15) is 11.1 Å². The van der Waals surface area contributed by atoms with Gasteiger partial charge in [0.05, 0.1) is 25.2 Å². The molecule has 0 spiro atoms. The number of nitrogens with zero attached hydrogens (tertiary/aromatic N) is 6. The lowest BCUT2D eigenvalue weighted by atomic mass is 10.2. The van der Waals surface area contributed by atoms with Gasteiger partial charge in [0.25, 0.3) is 0 Å². The van der Waals surface area contributed by atoms with E-state index in [0.717, 1.165) is 16.0 Å². The van der Waals surface area contributed by atoms with E-state index in [1.165, 1.54) is 12.4 Å². The minimum Gasteiger partial charge on any atom is -0.497 e. The van der Waals surface area contributed by atoms with Gasteiger partial charge in [0.15, 0.2) is 5.65 Å². The Labute approximate surface area is 148 Å². The fourth-order valence-electron chi connectivity index (χ4n) is 2.50. The molecule has 0 aliphatic carbocycles. The first-order valence-electron chi connectivity index (χ1n) is 7.84. The van der Waals surface area contributed by atoms with Gasteiger partial charge in [-0.1, -0.05) is 35.1 Å². The summed E-state index contributed by atoms with van der Waals surface area (Å²) in [6.45, 7) is 0. The second-order valence-electron chi connectivity index (χ2n) is 5.43. The number of rotatable bonds is 4. The van der Waals surface area contributed by atoms with Crippen molar-refractivity contribution in [3.8, 4) is 11.4 Å². The lowest BCUT2D eigenvalue weighted by molar-refractivity contribution is 0.414. The molecule has 128 valence electrons. The zero-order chi connectivity index (χ0) is 17.9. The number of para-hydroxylation sites is 1. The third kappa shape index (κ3) is 2.84. The smallest absolute Gasteiger partial charge is 0.302 e. The number of aromatic nitrogens is 5. The van der Waals surface area contributed by atoms with Crippen LogP contribution in [0.5, 0.6) is 5.75 Å². The number of methoxy groups -OCH3 is 1. The molecule has 8 nitrogen and oxygen atoms in total. The van der Waals surface area contributed by atoms with Gasteiger partial charge in [0, 0.05) is 0 Å². The van der Waals surface area contributed by atoms with Crippen LogP contribution in [-0.2, 0) is 0 Å². The molecule has 4 aromatic rings. The van der Waals surface area contributed by atoms with Gasteiger partial charge in [-0.3, -0.25) is 4.79 Å². The Hall–Kier alpha value is -3.81. The van der Waals surface area contributed by atoms with Crippen molar-refractivity contribution < 1.29 is 4.74 Å². The van der Waals surface area contributed by atoms with Crippen molar-refractivity contribution >= 4 is 17.2 Å². The second kappa shape index (κ2) is 6.60. The summed E-state index contributed by atoms with van der Waals surface area (Å²) >= 11 is 0. The Morgan fingerprint density at radius 3 is 2.77 bits per heavy atom. The Balaban J connectivity index is 1.73. The van der Waals surface area contributed by atoms with Crippen molar-refractivity contribution in [1.82, 2.24) is 24.9 Å². The minimum atomic E-state index is -0.392. The highest BCUT2D eigenvalue weighted by Gasteiger charge is 2.12. The topological polar surface area (TPSA) is 87.2 Å². The number of ether oxygens (including phenoxy) is 1. The first-order chi connectivity index (χ1) is 12.8. The molecule has 0 fully saturated rings. The summed E-state index contributed by atoms with van der Waals surface area (Å²) in [7, 11) is 1.59. The summed E-state index contributed by atoms with van der Waals surface area (Å²) in [6, 6.07) is 16.7. The Kier molecular flexibility index (Phi) is 3.98. The lowest BCUT2D eigenvalue weighted by Crippen LogP contribution is -2.21. The lowest BCUT2D eigenvalue weighted by Gasteiger charge is -2.02. The van der Waals surface area contributed by atoms with Crippen molar-refractivity contribution in [3.05, 3.63) is 76.7 Å². The van der Waals surface area contributed by atoms with Crippen LogP contribution in [0.1, 0.15) is 5.56 Å². The summed E-state index contributed by atoms with van der Waals surface area (Å²) in [5.74, 6) is 0.701. The van der Waals surface area contributed by atoms with E-state index < -0.39 is 5.56 Å². The van der Waals surface area contributed by atoms with Crippen LogP contribution in [0.4, 0.5) is 0 Å². The van der Waals surface area contributed by atoms with Gasteiger partial charge in [0.2, 0.25) is 0 Å². The predicted molar refractivity (Wildman–Crippen MR) is 96.9 cm³/mol. The number of benzene rings is 2. The van der Waals surface area contributed by atoms with Gasteiger partial charge in [-0.05, 0) is 35.0 Å². The average molecular weight is 346 g/mol. The van der Waals surface area contributed by atoms with E-state index in [-0.39, 0.29) is 0 Å². The van der Waals surface area contributed by atoms with Gasteiger partial charge in [-0.15, -0.1) is 5.10 Å². The summed E-state index contributed by atoms with van der Waals surface area (Å²) in [4.78, 5) is 13.5. The molecule has 2 aromatic heterocycles. The van der Waals surface area contributed by atoms with E-state index in [1.54, 1.807) is 17.9 Å². The quantitative estimate of drug-likeness (QED) is 0.527. The second-order valence-corrected chi connectivity index (χ2v) is 5.43. The van der Waals surface area contributed by atoms with Gasteiger partial charge < -0.3 is 4.74 Å². The summed E-state index contributed by atoms with van der Waals surface area (Å²) in [5, 5.41) is 16.7. The normalized spacial score (nSPS) is 11.3. The first-order valence-corrected chi connectivity index (χ1v) is 7.84. The molecule has 0 radical (unpaired) electrons. The zero-order valence-electron chi connectivity index (χ0n) is 13.9. The molecule has 4 rings (SSSR count). The maximum atomic E-state index is 12.6. The molecular formula is C18H14N6O2. The molecule has 0 aliphatic rings. The third-order valence-electron chi connectivity index (χ3n) is 3.79. The van der Waals surface area contributed by atoms with E-state index in [9.17, 15) is 4.79 Å². The average Bonchev–Trinajstić information content (AvgIpc) is 3.13. The van der Waals surface area contributed by atoms with Crippen molar-refractivity contribution in [3.63, 3.8) is 0 Å². The molecule has 2 heterocycles. The SMILES string of the molecule is COc1cccc(C=Nn2nnc3c(cnn3-c3ccccc3)c2=O)c1. The molecule has 0 amide bonds. The molecular weight excluding hydrogens is 332 g/mol. The van der Waals surface area contributed by atoms with Crippen LogP contribution in [0.25, 0.3) is 16.7 Å². The van der Waals surface area contributed by atoms with Crippen LogP contribution in [0.3, 0.4) is 0 Å². The minimum absolute atomic E-state index is 0.339. The number of hydrogen-bond acceptors (Lipinski definition) is 6. The van der Waals surface area contributed by atoms with Crippen LogP contribution >= 0.6 is 0 Å². The fraction of sp³-hybridized carbons (Fsp3) is 0.0556. The van der Waals surface area contributed by atoms with E-state index in [0.29, 0.717) is 16.8 Å². The summed E-state index contributed by atoms with van der Waals surface area (Å²) in [5.41, 5.74) is 1.57. The van der Waals surface area contributed by atoms with Gasteiger partial charge in [-0.2, -0.15) is 10.2 Å². The fourth-order valence-corrected chi connectivity index (χ4v) is 2.50. The molecule has 2 aromatic carbocycles. The van der Waals surface area contributed by atoms with Crippen molar-refractivity contribution in [2.75, 3.05) is 7.11 Å². The predicted octanol–water partition coefficient (Wildman–Crippen LogP) is 1.87. The van der Waals surface area contributed by atoms with Crippen LogP contribution < -0.4 is 10.3 Å². The summed E-state index contributed by atoms with van der Waals surface area (Å²) < 4.78 is 6.73. The molecule has 0 saturated carbocycles. The number of hydrogen-bond donors (Lipinski definition) is 0. The maximum Gasteiger partial charge on any atom is 0.302 e. The largest absolute Gasteiger partial charge is 0.497 e. The zero-order valence-corrected chi connectivity index (χ0v) is 13.9. The van der Waals surface area contributed by atoms with Crippen molar-refractivity contribution in [2.45, 2.75) is 0 Å². The molecule has 8 heteroatoms. The number of fused-ring (bicyclic) bond motifs is 1. The van der Waals surface area contributed by atoms with Crippen LogP contribution in [-0.4, -0.2) is 38.2 Å². The van der Waals surface area contributed by atoms with E-state index in [2.05, 4.69) is 20.5 Å². The molecule has 0 atom stereocenters. The van der Waals surface area contributed by atoms with Crippen LogP contribution in [0, 0.1) is 0 Å². The monoisotopic (exact) mass is 346 g/mol. The van der Waals surface area contributed by atoms with Crippen molar-refractivity contribution in [2.24, 2.45) is 5.10 Å². The Morgan fingerprint density at radius 2 is 1.96 bits per heavy atom. The molecule has 0 unspecified atom stereocenters. The molecule has 0 aliphatic heterocycles. The van der Waals surface area contributed by atoms with E-state index in [1.807, 2.05) is 48.5 Å². The first kappa shape index (κ1) is 15.7. The Bertz CT molecular complexity index is 1150. The molecule has 0 saturated heterocycles. The molecule has 26 heavy (non-hydrogen) atoms. The molecule has 0 N–H and O–H groups in total. The standard InChI is InChI=1S/C18H14N6O2/c1-26-15-9-5-6-13(10-15)11-20-24-18(25)16-12-19-23(17(16)21-22-24)14-7-3-2-4-8-14/h2-12H,1H3. The van der Waals surface area contributed by atoms with E-state index in [4.69, 9.17) is 4.74 Å². The summed E-state index contributed by atoms with van der Waals surface area (Å²) in [6.07, 6.45) is 2.99. The molecule has 0 bridgehead atoms. The van der Waals surface area contributed by atoms with Crippen LogP contribution in [0.2, 0.25) is 0 Å². The van der Waals surface area contributed by atoms with Gasteiger partial charge >= 0.3 is 5.56 Å². The van der Waals surface area contributed by atoms with Gasteiger partial charge in [-0.25, -0.2) is 4.68 Å². The maximum absolute atomic E-state index is 12.6. The highest BCUT2D eigenvalue weighted by atomic mass is 16.5. The van der Waals surface area contributed by atoms with Crippen molar-refractivity contribution in [1.29, 1.82) is 0 Å². The highest BCUT2D eigenvalue weighted by molar-refractivity contribution is 5.80.